The van der Waals surface area contributed by atoms with Crippen LogP contribution in [0.5, 0.6) is 0 Å². The molecule has 0 aliphatic carbocycles. The average Bonchev–Trinajstić information content (AvgIpc) is 2.23. The van der Waals surface area contributed by atoms with E-state index in [0.29, 0.717) is 15.3 Å². The highest BCUT2D eigenvalue weighted by Crippen LogP contribution is 2.17. The van der Waals surface area contributed by atoms with Gasteiger partial charge in [-0.05, 0) is 34.1 Å². The fourth-order valence-electron chi connectivity index (χ4n) is 1.18. The number of halogens is 2. The van der Waals surface area contributed by atoms with Crippen LogP contribution < -0.4 is 5.56 Å². The van der Waals surface area contributed by atoms with E-state index >= 15 is 0 Å². The van der Waals surface area contributed by atoms with Crippen molar-refractivity contribution in [3.05, 3.63) is 56.4 Å². The van der Waals surface area contributed by atoms with Gasteiger partial charge in [0, 0.05) is 6.07 Å². The molecule has 0 radical (unpaired) electrons. The van der Waals surface area contributed by atoms with Crippen LogP contribution in [0.2, 0.25) is 5.02 Å². The predicted octanol–water partition coefficient (Wildman–Crippen LogP) is 2.65. The first-order valence-electron chi connectivity index (χ1n) is 4.19. The molecule has 0 bridgehead atoms. The Balaban J connectivity index is 2.69. The number of rotatable bonds is 1. The topological polar surface area (TPSA) is 34.9 Å². The maximum Gasteiger partial charge on any atom is 0.271 e. The van der Waals surface area contributed by atoms with Crippen molar-refractivity contribution in [1.29, 1.82) is 0 Å². The second-order valence-corrected chi connectivity index (χ2v) is 4.08. The van der Waals surface area contributed by atoms with Crippen molar-refractivity contribution in [2.75, 3.05) is 0 Å². The standard InChI is InChI=1S/C10H6BrClN2O/c11-9-5-6-10(15)14(13-9)8-4-2-1-3-7(8)12/h1-6H. The summed E-state index contributed by atoms with van der Waals surface area (Å²) in [5.74, 6) is 0. The second-order valence-electron chi connectivity index (χ2n) is 2.86. The van der Waals surface area contributed by atoms with Crippen LogP contribution >= 0.6 is 27.5 Å². The van der Waals surface area contributed by atoms with Gasteiger partial charge in [-0.2, -0.15) is 9.78 Å². The number of hydrogen-bond donors (Lipinski definition) is 0. The maximum absolute atomic E-state index is 11.5. The molecule has 76 valence electrons. The highest BCUT2D eigenvalue weighted by Gasteiger charge is 2.05. The van der Waals surface area contributed by atoms with E-state index in [1.54, 1.807) is 30.3 Å². The first kappa shape index (κ1) is 10.4. The van der Waals surface area contributed by atoms with Gasteiger partial charge in [0.1, 0.15) is 4.60 Å². The summed E-state index contributed by atoms with van der Waals surface area (Å²) < 4.78 is 1.84. The summed E-state index contributed by atoms with van der Waals surface area (Å²) in [5.41, 5.74) is 0.358. The van der Waals surface area contributed by atoms with Gasteiger partial charge in [0.15, 0.2) is 0 Å². The largest absolute Gasteiger partial charge is 0.271 e. The van der Waals surface area contributed by atoms with Crippen LogP contribution in [-0.4, -0.2) is 9.78 Å². The van der Waals surface area contributed by atoms with E-state index in [4.69, 9.17) is 11.6 Å². The van der Waals surface area contributed by atoms with Crippen molar-refractivity contribution in [2.24, 2.45) is 0 Å². The Morgan fingerprint density at radius 1 is 1.20 bits per heavy atom. The Morgan fingerprint density at radius 3 is 2.67 bits per heavy atom. The molecule has 1 aromatic heterocycles. The Kier molecular flexibility index (Phi) is 2.88. The van der Waals surface area contributed by atoms with Gasteiger partial charge in [0.25, 0.3) is 5.56 Å². The van der Waals surface area contributed by atoms with Gasteiger partial charge in [-0.25, -0.2) is 0 Å². The van der Waals surface area contributed by atoms with E-state index < -0.39 is 0 Å². The summed E-state index contributed by atoms with van der Waals surface area (Å²) in [6.07, 6.45) is 0. The second kappa shape index (κ2) is 4.16. The molecule has 2 rings (SSSR count). The van der Waals surface area contributed by atoms with Gasteiger partial charge >= 0.3 is 0 Å². The van der Waals surface area contributed by atoms with Crippen molar-refractivity contribution in [3.63, 3.8) is 0 Å². The summed E-state index contributed by atoms with van der Waals surface area (Å²) in [6, 6.07) is 10.1. The Labute approximate surface area is 99.4 Å². The lowest BCUT2D eigenvalue weighted by atomic mass is 10.3. The number of aromatic nitrogens is 2. The van der Waals surface area contributed by atoms with Gasteiger partial charge in [-0.15, -0.1) is 0 Å². The van der Waals surface area contributed by atoms with E-state index in [9.17, 15) is 4.79 Å². The monoisotopic (exact) mass is 284 g/mol. The van der Waals surface area contributed by atoms with Gasteiger partial charge < -0.3 is 0 Å². The molecular weight excluding hydrogens is 279 g/mol. The van der Waals surface area contributed by atoms with Crippen LogP contribution in [0, 0.1) is 0 Å². The van der Waals surface area contributed by atoms with Crippen LogP contribution in [0.4, 0.5) is 0 Å². The van der Waals surface area contributed by atoms with Crippen molar-refractivity contribution in [3.8, 4) is 5.69 Å². The van der Waals surface area contributed by atoms with E-state index in [2.05, 4.69) is 21.0 Å². The Morgan fingerprint density at radius 2 is 1.93 bits per heavy atom. The molecule has 2 aromatic rings. The van der Waals surface area contributed by atoms with Crippen LogP contribution in [-0.2, 0) is 0 Å². The third kappa shape index (κ3) is 2.11. The SMILES string of the molecule is O=c1ccc(Br)nn1-c1ccccc1Cl. The van der Waals surface area contributed by atoms with Gasteiger partial charge in [-0.3, -0.25) is 4.79 Å². The molecule has 0 N–H and O–H groups in total. The molecule has 5 heteroatoms. The number of benzene rings is 1. The molecule has 0 unspecified atom stereocenters. The van der Waals surface area contributed by atoms with Crippen LogP contribution in [0.3, 0.4) is 0 Å². The quantitative estimate of drug-likeness (QED) is 0.807. The molecule has 0 saturated heterocycles. The first-order chi connectivity index (χ1) is 7.18. The van der Waals surface area contributed by atoms with Gasteiger partial charge in [0.2, 0.25) is 0 Å². The minimum absolute atomic E-state index is 0.216. The summed E-state index contributed by atoms with van der Waals surface area (Å²) in [5, 5.41) is 4.53. The highest BCUT2D eigenvalue weighted by atomic mass is 79.9. The third-order valence-electron chi connectivity index (χ3n) is 1.85. The fourth-order valence-corrected chi connectivity index (χ4v) is 1.69. The molecule has 1 heterocycles. The lowest BCUT2D eigenvalue weighted by Crippen LogP contribution is -2.20. The van der Waals surface area contributed by atoms with Crippen molar-refractivity contribution >= 4 is 27.5 Å². The lowest BCUT2D eigenvalue weighted by molar-refractivity contribution is 0.794. The Bertz CT molecular complexity index is 553. The summed E-state index contributed by atoms with van der Waals surface area (Å²) in [6.45, 7) is 0. The summed E-state index contributed by atoms with van der Waals surface area (Å²) in [7, 11) is 0. The molecule has 0 fully saturated rings. The maximum atomic E-state index is 11.5. The van der Waals surface area contributed by atoms with Crippen LogP contribution in [0.1, 0.15) is 0 Å². The van der Waals surface area contributed by atoms with Gasteiger partial charge in [0.05, 0.1) is 10.7 Å². The van der Waals surface area contributed by atoms with Crippen molar-refractivity contribution in [1.82, 2.24) is 9.78 Å². The van der Waals surface area contributed by atoms with Crippen LogP contribution in [0.25, 0.3) is 5.69 Å². The molecule has 0 spiro atoms. The normalized spacial score (nSPS) is 10.3. The van der Waals surface area contributed by atoms with Gasteiger partial charge in [-0.1, -0.05) is 23.7 Å². The Hall–Kier alpha value is -1.13. The van der Waals surface area contributed by atoms with Crippen molar-refractivity contribution < 1.29 is 0 Å². The van der Waals surface area contributed by atoms with E-state index in [1.165, 1.54) is 10.7 Å². The zero-order chi connectivity index (χ0) is 10.8. The zero-order valence-corrected chi connectivity index (χ0v) is 9.86. The number of nitrogens with zero attached hydrogens (tertiary/aromatic N) is 2. The molecule has 0 aliphatic rings. The first-order valence-corrected chi connectivity index (χ1v) is 5.36. The summed E-state index contributed by atoms with van der Waals surface area (Å²) >= 11 is 9.17. The molecule has 0 saturated carbocycles. The molecule has 0 amide bonds. The number of hydrogen-bond acceptors (Lipinski definition) is 2. The number of para-hydroxylation sites is 1. The highest BCUT2D eigenvalue weighted by molar-refractivity contribution is 9.10. The van der Waals surface area contributed by atoms with E-state index in [0.717, 1.165) is 0 Å². The van der Waals surface area contributed by atoms with Crippen LogP contribution in [0.15, 0.2) is 45.8 Å². The molecule has 0 aliphatic heterocycles. The molecule has 0 atom stereocenters. The average molecular weight is 286 g/mol. The third-order valence-corrected chi connectivity index (χ3v) is 2.59. The minimum Gasteiger partial charge on any atom is -0.267 e. The van der Waals surface area contributed by atoms with Crippen molar-refractivity contribution in [2.45, 2.75) is 0 Å². The summed E-state index contributed by atoms with van der Waals surface area (Å²) in [4.78, 5) is 11.5. The smallest absolute Gasteiger partial charge is 0.267 e. The minimum atomic E-state index is -0.216. The zero-order valence-electron chi connectivity index (χ0n) is 7.52. The molecule has 1 aromatic carbocycles. The molecule has 3 nitrogen and oxygen atoms in total. The van der Waals surface area contributed by atoms with E-state index in [1.807, 2.05) is 0 Å². The fraction of sp³-hybridized carbons (Fsp3) is 0. The predicted molar refractivity (Wildman–Crippen MR) is 62.5 cm³/mol. The lowest BCUT2D eigenvalue weighted by Gasteiger charge is -2.05. The molecule has 15 heavy (non-hydrogen) atoms. The molecular formula is C10H6BrClN2O. The van der Waals surface area contributed by atoms with E-state index in [-0.39, 0.29) is 5.56 Å².